The minimum absolute atomic E-state index is 0.120. The van der Waals surface area contributed by atoms with Gasteiger partial charge in [-0.25, -0.2) is 4.39 Å². The molecular formula is C17H22BrFO2. The second-order valence-electron chi connectivity index (χ2n) is 5.96. The second-order valence-corrected chi connectivity index (χ2v) is 6.81. The molecule has 1 fully saturated rings. The Kier molecular flexibility index (Phi) is 5.55. The average Bonchev–Trinajstić information content (AvgIpc) is 2.46. The molecule has 2 nitrogen and oxygen atoms in total. The number of hydrogen-bond donors (Lipinski definition) is 0. The quantitative estimate of drug-likeness (QED) is 0.765. The second kappa shape index (κ2) is 7.01. The number of halogens is 2. The monoisotopic (exact) mass is 356 g/mol. The van der Waals surface area contributed by atoms with E-state index in [1.165, 1.54) is 6.07 Å². The summed E-state index contributed by atoms with van der Waals surface area (Å²) in [6, 6.07) is 4.74. The Morgan fingerprint density at radius 1 is 1.43 bits per heavy atom. The van der Waals surface area contributed by atoms with E-state index in [1.807, 2.05) is 6.92 Å². The van der Waals surface area contributed by atoms with Crippen molar-refractivity contribution in [3.63, 3.8) is 0 Å². The molecule has 0 bridgehead atoms. The number of carbonyl (C=O) groups is 1. The van der Waals surface area contributed by atoms with Crippen LogP contribution in [0.3, 0.4) is 0 Å². The summed E-state index contributed by atoms with van der Waals surface area (Å²) in [5, 5.41) is 0. The molecule has 0 atom stereocenters. The smallest absolute Gasteiger partial charge is 0.168 e. The van der Waals surface area contributed by atoms with Crippen LogP contribution in [0.4, 0.5) is 4.39 Å². The van der Waals surface area contributed by atoms with E-state index in [0.29, 0.717) is 23.4 Å². The molecule has 0 spiro atoms. The zero-order valence-electron chi connectivity index (χ0n) is 12.6. The van der Waals surface area contributed by atoms with Gasteiger partial charge in [0.1, 0.15) is 11.4 Å². The summed E-state index contributed by atoms with van der Waals surface area (Å²) >= 11 is 3.17. The highest BCUT2D eigenvalue weighted by atomic mass is 79.9. The summed E-state index contributed by atoms with van der Waals surface area (Å²) < 4.78 is 19.5. The molecule has 0 amide bonds. The van der Waals surface area contributed by atoms with Gasteiger partial charge in [-0.15, -0.1) is 0 Å². The zero-order chi connectivity index (χ0) is 15.5. The van der Waals surface area contributed by atoms with Gasteiger partial charge in [-0.3, -0.25) is 4.79 Å². The van der Waals surface area contributed by atoms with Crippen LogP contribution in [0.25, 0.3) is 0 Å². The van der Waals surface area contributed by atoms with Crippen molar-refractivity contribution in [1.82, 2.24) is 0 Å². The molecule has 0 aromatic heterocycles. The van der Waals surface area contributed by atoms with Crippen molar-refractivity contribution in [1.29, 1.82) is 0 Å². The van der Waals surface area contributed by atoms with Gasteiger partial charge in [0.2, 0.25) is 0 Å². The topological polar surface area (TPSA) is 26.3 Å². The lowest BCUT2D eigenvalue weighted by Crippen LogP contribution is -2.45. The molecule has 0 aliphatic heterocycles. The minimum Gasteiger partial charge on any atom is -0.367 e. The molecule has 1 aromatic carbocycles. The number of Topliss-reactive ketones (excluding diaryl/α,β-unsaturated/α-hetero) is 1. The maximum atomic E-state index is 13.3. The molecule has 2 rings (SSSR count). The first-order valence-corrected chi connectivity index (χ1v) is 8.37. The van der Waals surface area contributed by atoms with Crippen molar-refractivity contribution in [2.45, 2.75) is 51.6 Å². The van der Waals surface area contributed by atoms with Crippen LogP contribution in [0, 0.1) is 11.7 Å². The van der Waals surface area contributed by atoms with Crippen molar-refractivity contribution in [3.05, 3.63) is 34.1 Å². The first kappa shape index (κ1) is 16.6. The molecule has 0 unspecified atom stereocenters. The third-order valence-electron chi connectivity index (χ3n) is 4.36. The number of rotatable bonds is 5. The fourth-order valence-electron chi connectivity index (χ4n) is 3.00. The normalized spacial score (nSPS) is 25.8. The van der Waals surface area contributed by atoms with Crippen LogP contribution < -0.4 is 0 Å². The Morgan fingerprint density at radius 3 is 2.67 bits per heavy atom. The lowest BCUT2D eigenvalue weighted by atomic mass is 9.76. The van der Waals surface area contributed by atoms with E-state index in [1.54, 1.807) is 12.1 Å². The van der Waals surface area contributed by atoms with Crippen LogP contribution >= 0.6 is 15.9 Å². The molecule has 1 aliphatic carbocycles. The van der Waals surface area contributed by atoms with Gasteiger partial charge in [0.25, 0.3) is 0 Å². The number of carbonyl (C=O) groups excluding carboxylic acids is 1. The first-order chi connectivity index (χ1) is 9.97. The van der Waals surface area contributed by atoms with E-state index in [-0.39, 0.29) is 11.6 Å². The molecule has 0 radical (unpaired) electrons. The number of ether oxygens (including phenoxy) is 1. The molecule has 1 aromatic rings. The fourth-order valence-corrected chi connectivity index (χ4v) is 3.43. The molecule has 1 saturated carbocycles. The Morgan fingerprint density at radius 2 is 2.10 bits per heavy atom. The van der Waals surface area contributed by atoms with Crippen LogP contribution in [0.2, 0.25) is 0 Å². The van der Waals surface area contributed by atoms with Crippen molar-refractivity contribution >= 4 is 21.7 Å². The van der Waals surface area contributed by atoms with Crippen molar-refractivity contribution in [2.75, 3.05) is 6.61 Å². The van der Waals surface area contributed by atoms with Gasteiger partial charge < -0.3 is 4.74 Å². The Hall–Kier alpha value is -0.740. The molecule has 0 N–H and O–H groups in total. The SMILES string of the molecule is CCOC1(C(=O)Cc2ccc(F)c(Br)c2)CCC(C)CC1. The van der Waals surface area contributed by atoms with E-state index in [0.717, 1.165) is 31.2 Å². The molecule has 0 saturated heterocycles. The molecular weight excluding hydrogens is 335 g/mol. The van der Waals surface area contributed by atoms with Crippen LogP contribution in [-0.4, -0.2) is 18.0 Å². The van der Waals surface area contributed by atoms with E-state index in [9.17, 15) is 9.18 Å². The van der Waals surface area contributed by atoms with Gasteiger partial charge in [-0.1, -0.05) is 13.0 Å². The highest BCUT2D eigenvalue weighted by Gasteiger charge is 2.41. The van der Waals surface area contributed by atoms with Gasteiger partial charge in [0.05, 0.1) is 4.47 Å². The van der Waals surface area contributed by atoms with Crippen molar-refractivity contribution in [2.24, 2.45) is 5.92 Å². The Balaban J connectivity index is 2.13. The zero-order valence-corrected chi connectivity index (χ0v) is 14.2. The Labute approximate surface area is 134 Å². The highest BCUT2D eigenvalue weighted by Crippen LogP contribution is 2.36. The van der Waals surface area contributed by atoms with Crippen LogP contribution in [0.5, 0.6) is 0 Å². The average molecular weight is 357 g/mol. The summed E-state index contributed by atoms with van der Waals surface area (Å²) in [6.07, 6.45) is 3.94. The highest BCUT2D eigenvalue weighted by molar-refractivity contribution is 9.10. The predicted octanol–water partition coefficient (Wildman–Crippen LogP) is 4.69. The molecule has 0 heterocycles. The van der Waals surface area contributed by atoms with Gasteiger partial charge in [0, 0.05) is 13.0 Å². The van der Waals surface area contributed by atoms with E-state index in [4.69, 9.17) is 4.74 Å². The molecule has 4 heteroatoms. The lowest BCUT2D eigenvalue weighted by molar-refractivity contribution is -0.149. The molecule has 1 aliphatic rings. The number of ketones is 1. The number of benzene rings is 1. The Bertz CT molecular complexity index is 508. The van der Waals surface area contributed by atoms with Crippen LogP contribution in [0.15, 0.2) is 22.7 Å². The summed E-state index contributed by atoms with van der Waals surface area (Å²) in [6.45, 7) is 4.70. The summed E-state index contributed by atoms with van der Waals surface area (Å²) in [4.78, 5) is 12.7. The van der Waals surface area contributed by atoms with Crippen LogP contribution in [0.1, 0.15) is 45.1 Å². The minimum atomic E-state index is -0.637. The fraction of sp³-hybridized carbons (Fsp3) is 0.588. The van der Waals surface area contributed by atoms with Gasteiger partial charge >= 0.3 is 0 Å². The van der Waals surface area contributed by atoms with Gasteiger partial charge in [-0.2, -0.15) is 0 Å². The third kappa shape index (κ3) is 3.92. The van der Waals surface area contributed by atoms with E-state index >= 15 is 0 Å². The first-order valence-electron chi connectivity index (χ1n) is 7.58. The van der Waals surface area contributed by atoms with Gasteiger partial charge in [0.15, 0.2) is 5.78 Å². The van der Waals surface area contributed by atoms with Gasteiger partial charge in [-0.05, 0) is 72.2 Å². The summed E-state index contributed by atoms with van der Waals surface area (Å²) in [7, 11) is 0. The largest absolute Gasteiger partial charge is 0.367 e. The third-order valence-corrected chi connectivity index (χ3v) is 4.97. The van der Waals surface area contributed by atoms with Crippen molar-refractivity contribution in [3.8, 4) is 0 Å². The maximum absolute atomic E-state index is 13.3. The summed E-state index contributed by atoms with van der Waals surface area (Å²) in [5.74, 6) is 0.471. The summed E-state index contributed by atoms with van der Waals surface area (Å²) in [5.41, 5.74) is 0.188. The lowest BCUT2D eigenvalue weighted by Gasteiger charge is -2.38. The predicted molar refractivity (Wildman–Crippen MR) is 84.8 cm³/mol. The molecule has 21 heavy (non-hydrogen) atoms. The van der Waals surface area contributed by atoms with Crippen molar-refractivity contribution < 1.29 is 13.9 Å². The van der Waals surface area contributed by atoms with E-state index in [2.05, 4.69) is 22.9 Å². The molecule has 116 valence electrons. The standard InChI is InChI=1S/C17H22BrFO2/c1-3-21-17(8-6-12(2)7-9-17)16(20)11-13-4-5-15(19)14(18)10-13/h4-5,10,12H,3,6-9,11H2,1-2H3. The maximum Gasteiger partial charge on any atom is 0.168 e. The number of hydrogen-bond acceptors (Lipinski definition) is 2. The van der Waals surface area contributed by atoms with E-state index < -0.39 is 5.60 Å². The van der Waals surface area contributed by atoms with Crippen LogP contribution in [-0.2, 0) is 16.0 Å².